The van der Waals surface area contributed by atoms with Gasteiger partial charge in [0.2, 0.25) is 5.91 Å². The quantitative estimate of drug-likeness (QED) is 0.836. The lowest BCUT2D eigenvalue weighted by Crippen LogP contribution is -2.40. The van der Waals surface area contributed by atoms with Crippen LogP contribution in [0.25, 0.3) is 0 Å². The Morgan fingerprint density at radius 3 is 2.76 bits per heavy atom. The van der Waals surface area contributed by atoms with Gasteiger partial charge in [-0.1, -0.05) is 29.8 Å². The van der Waals surface area contributed by atoms with Crippen molar-refractivity contribution in [2.45, 2.75) is 12.5 Å². The van der Waals surface area contributed by atoms with Crippen LogP contribution in [-0.4, -0.2) is 31.3 Å². The van der Waals surface area contributed by atoms with E-state index in [1.807, 2.05) is 0 Å². The minimum absolute atomic E-state index is 0.0292. The molecule has 0 radical (unpaired) electrons. The smallest absolute Gasteiger partial charge is 0.246 e. The molecule has 1 unspecified atom stereocenters. The number of carbonyl (C=O) groups is 1. The molecule has 1 atom stereocenters. The van der Waals surface area contributed by atoms with Crippen LogP contribution in [0, 0.1) is 0 Å². The van der Waals surface area contributed by atoms with Crippen molar-refractivity contribution in [1.82, 2.24) is 5.32 Å². The van der Waals surface area contributed by atoms with Crippen LogP contribution < -0.4 is 5.32 Å². The highest BCUT2D eigenvalue weighted by Crippen LogP contribution is 2.26. The highest BCUT2D eigenvalue weighted by atomic mass is 35.5. The predicted octanol–water partition coefficient (Wildman–Crippen LogP) is 1.31. The molecule has 0 saturated carbocycles. The Hall–Kier alpha value is -1.10. The number of amides is 1. The first-order valence-corrected chi connectivity index (χ1v) is 5.58. The van der Waals surface area contributed by atoms with Crippen molar-refractivity contribution in [3.63, 3.8) is 0 Å². The molecule has 1 aromatic carbocycles. The molecule has 0 fully saturated rings. The summed E-state index contributed by atoms with van der Waals surface area (Å²) in [4.78, 5) is 11.2. The van der Waals surface area contributed by atoms with Gasteiger partial charge >= 0.3 is 0 Å². The lowest BCUT2D eigenvalue weighted by atomic mass is 9.96. The summed E-state index contributed by atoms with van der Waals surface area (Å²) in [6.45, 7) is 1.65. The summed E-state index contributed by atoms with van der Waals surface area (Å²) in [5.41, 5.74) is -0.624. The fourth-order valence-corrected chi connectivity index (χ4v) is 1.79. The molecule has 1 amide bonds. The van der Waals surface area contributed by atoms with Crippen LogP contribution in [-0.2, 0) is 15.1 Å². The molecule has 0 bridgehead atoms. The van der Waals surface area contributed by atoms with Crippen molar-refractivity contribution in [3.05, 3.63) is 34.9 Å². The molecule has 0 aromatic heterocycles. The molecular formula is C12H16ClNO3. The van der Waals surface area contributed by atoms with Gasteiger partial charge in [0.1, 0.15) is 12.2 Å². The molecule has 0 saturated heterocycles. The number of hydrogen-bond acceptors (Lipinski definition) is 3. The molecule has 0 aliphatic carbocycles. The van der Waals surface area contributed by atoms with Gasteiger partial charge in [0.15, 0.2) is 0 Å². The maximum atomic E-state index is 11.2. The molecule has 1 aromatic rings. The van der Waals surface area contributed by atoms with Crippen LogP contribution in [0.15, 0.2) is 24.3 Å². The first kappa shape index (κ1) is 14.0. The number of methoxy groups -OCH3 is 1. The lowest BCUT2D eigenvalue weighted by Gasteiger charge is -2.25. The zero-order valence-corrected chi connectivity index (χ0v) is 10.6. The summed E-state index contributed by atoms with van der Waals surface area (Å²) >= 11 is 5.99. The fraction of sp³-hybridized carbons (Fsp3) is 0.417. The second-order valence-corrected chi connectivity index (χ2v) is 4.37. The van der Waals surface area contributed by atoms with E-state index in [4.69, 9.17) is 11.6 Å². The van der Waals surface area contributed by atoms with Gasteiger partial charge in [-0.25, -0.2) is 0 Å². The molecule has 0 aliphatic rings. The number of carbonyl (C=O) groups excluding carboxylic acids is 1. The van der Waals surface area contributed by atoms with Crippen LogP contribution in [0.3, 0.4) is 0 Å². The summed E-state index contributed by atoms with van der Waals surface area (Å²) in [7, 11) is 1.44. The van der Waals surface area contributed by atoms with E-state index in [0.29, 0.717) is 10.6 Å². The zero-order chi connectivity index (χ0) is 12.9. The largest absolute Gasteiger partial charge is 0.384 e. The maximum absolute atomic E-state index is 11.2. The normalized spacial score (nSPS) is 14.1. The van der Waals surface area contributed by atoms with Crippen LogP contribution >= 0.6 is 11.6 Å². The number of aliphatic hydroxyl groups is 1. The van der Waals surface area contributed by atoms with Crippen molar-refractivity contribution >= 4 is 17.5 Å². The van der Waals surface area contributed by atoms with Gasteiger partial charge in [-0.2, -0.15) is 0 Å². The molecule has 5 heteroatoms. The van der Waals surface area contributed by atoms with E-state index >= 15 is 0 Å². The van der Waals surface area contributed by atoms with Gasteiger partial charge in [0.05, 0.1) is 6.54 Å². The Morgan fingerprint density at radius 2 is 2.18 bits per heavy atom. The summed E-state index contributed by atoms with van der Waals surface area (Å²) in [6.07, 6.45) is 0. The number of nitrogens with one attached hydrogen (secondary N) is 1. The fourth-order valence-electron chi connectivity index (χ4n) is 1.45. The van der Waals surface area contributed by atoms with E-state index in [1.165, 1.54) is 7.11 Å². The lowest BCUT2D eigenvalue weighted by molar-refractivity contribution is -0.125. The first-order chi connectivity index (χ1) is 7.97. The molecule has 1 rings (SSSR count). The highest BCUT2D eigenvalue weighted by Gasteiger charge is 2.25. The molecule has 94 valence electrons. The SMILES string of the molecule is COCC(=O)NCC(C)(O)c1ccccc1Cl. The van der Waals surface area contributed by atoms with Crippen molar-refractivity contribution in [2.24, 2.45) is 0 Å². The number of rotatable bonds is 5. The number of halogens is 1. The Morgan fingerprint density at radius 1 is 1.53 bits per heavy atom. The monoisotopic (exact) mass is 257 g/mol. The van der Waals surface area contributed by atoms with Crippen LogP contribution in [0.1, 0.15) is 12.5 Å². The van der Waals surface area contributed by atoms with E-state index < -0.39 is 5.60 Å². The van der Waals surface area contributed by atoms with E-state index in [2.05, 4.69) is 10.1 Å². The first-order valence-electron chi connectivity index (χ1n) is 5.20. The molecule has 17 heavy (non-hydrogen) atoms. The summed E-state index contributed by atoms with van der Waals surface area (Å²) in [6, 6.07) is 6.99. The molecule has 0 spiro atoms. The number of hydrogen-bond donors (Lipinski definition) is 2. The Balaban J connectivity index is 2.69. The Bertz CT molecular complexity index is 393. The molecule has 0 heterocycles. The predicted molar refractivity (Wildman–Crippen MR) is 65.9 cm³/mol. The van der Waals surface area contributed by atoms with Gasteiger partial charge in [-0.3, -0.25) is 4.79 Å². The minimum atomic E-state index is -1.21. The van der Waals surface area contributed by atoms with E-state index in [9.17, 15) is 9.90 Å². The van der Waals surface area contributed by atoms with Gasteiger partial charge in [0.25, 0.3) is 0 Å². The van der Waals surface area contributed by atoms with Crippen molar-refractivity contribution in [3.8, 4) is 0 Å². The summed E-state index contributed by atoms with van der Waals surface area (Å²) in [5, 5.41) is 13.3. The minimum Gasteiger partial charge on any atom is -0.384 e. The summed E-state index contributed by atoms with van der Waals surface area (Å²) < 4.78 is 4.68. The summed E-state index contributed by atoms with van der Waals surface area (Å²) in [5.74, 6) is -0.278. The number of benzene rings is 1. The van der Waals surface area contributed by atoms with E-state index in [-0.39, 0.29) is 19.1 Å². The van der Waals surface area contributed by atoms with Gasteiger partial charge < -0.3 is 15.2 Å². The molecule has 2 N–H and O–H groups in total. The standard InChI is InChI=1S/C12H16ClNO3/c1-12(16,8-14-11(15)7-17-2)9-5-3-4-6-10(9)13/h3-6,16H,7-8H2,1-2H3,(H,14,15). The highest BCUT2D eigenvalue weighted by molar-refractivity contribution is 6.31. The molecular weight excluding hydrogens is 242 g/mol. The van der Waals surface area contributed by atoms with Gasteiger partial charge in [-0.15, -0.1) is 0 Å². The maximum Gasteiger partial charge on any atom is 0.246 e. The third-order valence-corrected chi connectivity index (χ3v) is 2.69. The third-order valence-electron chi connectivity index (χ3n) is 2.36. The Kier molecular flexibility index (Phi) is 4.93. The van der Waals surface area contributed by atoms with Crippen molar-refractivity contribution < 1.29 is 14.6 Å². The number of ether oxygens (including phenoxy) is 1. The van der Waals surface area contributed by atoms with E-state index in [1.54, 1.807) is 31.2 Å². The van der Waals surface area contributed by atoms with Crippen molar-refractivity contribution in [1.29, 1.82) is 0 Å². The van der Waals surface area contributed by atoms with E-state index in [0.717, 1.165) is 0 Å². The zero-order valence-electron chi connectivity index (χ0n) is 9.87. The second-order valence-electron chi connectivity index (χ2n) is 3.96. The van der Waals surface area contributed by atoms with Crippen LogP contribution in [0.4, 0.5) is 0 Å². The molecule has 0 aliphatic heterocycles. The van der Waals surface area contributed by atoms with Crippen molar-refractivity contribution in [2.75, 3.05) is 20.3 Å². The second kappa shape index (κ2) is 6.00. The molecule has 4 nitrogen and oxygen atoms in total. The Labute approximate surface area is 106 Å². The van der Waals surface area contributed by atoms with Crippen LogP contribution in [0.2, 0.25) is 5.02 Å². The average molecular weight is 258 g/mol. The van der Waals surface area contributed by atoms with Crippen LogP contribution in [0.5, 0.6) is 0 Å². The van der Waals surface area contributed by atoms with Gasteiger partial charge in [-0.05, 0) is 13.0 Å². The third kappa shape index (κ3) is 4.00. The topological polar surface area (TPSA) is 58.6 Å². The average Bonchev–Trinajstić information content (AvgIpc) is 2.27. The van der Waals surface area contributed by atoms with Gasteiger partial charge in [0, 0.05) is 17.7 Å².